The summed E-state index contributed by atoms with van der Waals surface area (Å²) in [5.74, 6) is -0.470. The number of fused-ring (bicyclic) bond motifs is 2. The van der Waals surface area contributed by atoms with E-state index in [4.69, 9.17) is 9.47 Å². The lowest BCUT2D eigenvalue weighted by Gasteiger charge is -2.45. The molecule has 2 bridgehead atoms. The lowest BCUT2D eigenvalue weighted by Crippen LogP contribution is -2.58. The van der Waals surface area contributed by atoms with Crippen LogP contribution in [0.5, 0.6) is 0 Å². The van der Waals surface area contributed by atoms with Gasteiger partial charge in [-0.15, -0.1) is 0 Å². The van der Waals surface area contributed by atoms with E-state index in [9.17, 15) is 9.59 Å². The van der Waals surface area contributed by atoms with Crippen molar-refractivity contribution >= 4 is 11.8 Å². The predicted molar refractivity (Wildman–Crippen MR) is 75.3 cm³/mol. The van der Waals surface area contributed by atoms with Crippen molar-refractivity contribution in [3.8, 4) is 0 Å². The number of Topliss-reactive ketones (excluding diaryl/α,β-unsaturated/α-hetero) is 1. The van der Waals surface area contributed by atoms with Gasteiger partial charge in [-0.25, -0.2) is 0 Å². The monoisotopic (exact) mass is 282 g/mol. The van der Waals surface area contributed by atoms with Gasteiger partial charge in [0.2, 0.25) is 0 Å². The molecule has 2 rings (SSSR count). The van der Waals surface area contributed by atoms with Gasteiger partial charge in [0.05, 0.1) is 18.3 Å². The molecule has 0 N–H and O–H groups in total. The van der Waals surface area contributed by atoms with E-state index in [1.54, 1.807) is 6.92 Å². The minimum atomic E-state index is -1.09. The summed E-state index contributed by atoms with van der Waals surface area (Å²) in [4.78, 5) is 25.3. The molecule has 114 valence electrons. The van der Waals surface area contributed by atoms with Gasteiger partial charge in [-0.3, -0.25) is 9.59 Å². The summed E-state index contributed by atoms with van der Waals surface area (Å²) in [5.41, 5.74) is -1.41. The molecule has 2 saturated heterocycles. The third-order valence-corrected chi connectivity index (χ3v) is 4.94. The molecule has 0 amide bonds. The Morgan fingerprint density at radius 2 is 2.15 bits per heavy atom. The second kappa shape index (κ2) is 5.47. The zero-order valence-corrected chi connectivity index (χ0v) is 13.0. The van der Waals surface area contributed by atoms with Crippen molar-refractivity contribution < 1.29 is 19.1 Å². The van der Waals surface area contributed by atoms with Gasteiger partial charge in [-0.05, 0) is 32.1 Å². The highest BCUT2D eigenvalue weighted by molar-refractivity contribution is 6.06. The Morgan fingerprint density at radius 3 is 2.70 bits per heavy atom. The summed E-state index contributed by atoms with van der Waals surface area (Å²) in [6.07, 6.45) is 3.59. The Balaban J connectivity index is 2.36. The van der Waals surface area contributed by atoms with Crippen LogP contribution in [-0.4, -0.2) is 30.1 Å². The molecule has 0 radical (unpaired) electrons. The van der Waals surface area contributed by atoms with Crippen LogP contribution < -0.4 is 0 Å². The molecule has 0 aromatic heterocycles. The first-order valence-electron chi connectivity index (χ1n) is 7.81. The summed E-state index contributed by atoms with van der Waals surface area (Å²) in [6, 6.07) is 0. The number of rotatable bonds is 5. The van der Waals surface area contributed by atoms with Crippen LogP contribution in [-0.2, 0) is 19.1 Å². The molecule has 0 spiro atoms. The molecule has 0 aromatic rings. The SMILES string of the molecule is CCC[C@@]12CC[C@@H](O1)[C@@](C(=O)OCC)(C(C)C)C(=O)C2. The fourth-order valence-corrected chi connectivity index (χ4v) is 4.04. The fourth-order valence-electron chi connectivity index (χ4n) is 4.04. The summed E-state index contributed by atoms with van der Waals surface area (Å²) in [5, 5.41) is 0. The van der Waals surface area contributed by atoms with Crippen molar-refractivity contribution in [1.82, 2.24) is 0 Å². The van der Waals surface area contributed by atoms with E-state index < -0.39 is 11.4 Å². The maximum atomic E-state index is 12.8. The van der Waals surface area contributed by atoms with Gasteiger partial charge < -0.3 is 9.47 Å². The van der Waals surface area contributed by atoms with Gasteiger partial charge in [0, 0.05) is 6.42 Å². The molecule has 2 aliphatic rings. The Morgan fingerprint density at radius 1 is 1.45 bits per heavy atom. The topological polar surface area (TPSA) is 52.6 Å². The van der Waals surface area contributed by atoms with Crippen molar-refractivity contribution in [2.75, 3.05) is 6.61 Å². The van der Waals surface area contributed by atoms with E-state index >= 15 is 0 Å². The number of hydrogen-bond donors (Lipinski definition) is 0. The standard InChI is InChI=1S/C16H26O4/c1-5-8-15-9-7-13(20-15)16(11(3)4,12(17)10-15)14(18)19-6-2/h11,13H,5-10H2,1-4H3/t13-,15+,16-/m1/s1. The number of esters is 1. The van der Waals surface area contributed by atoms with Crippen LogP contribution in [0.4, 0.5) is 0 Å². The summed E-state index contributed by atoms with van der Waals surface area (Å²) >= 11 is 0. The second-order valence-corrected chi connectivity index (χ2v) is 6.42. The van der Waals surface area contributed by atoms with Crippen molar-refractivity contribution in [2.24, 2.45) is 11.3 Å². The normalized spacial score (nSPS) is 36.5. The van der Waals surface area contributed by atoms with Gasteiger partial charge in [0.15, 0.2) is 11.2 Å². The van der Waals surface area contributed by atoms with Crippen LogP contribution in [0.2, 0.25) is 0 Å². The van der Waals surface area contributed by atoms with Crippen molar-refractivity contribution in [3.05, 3.63) is 0 Å². The smallest absolute Gasteiger partial charge is 0.322 e. The molecule has 2 heterocycles. The fraction of sp³-hybridized carbons (Fsp3) is 0.875. The second-order valence-electron chi connectivity index (χ2n) is 6.42. The first-order valence-corrected chi connectivity index (χ1v) is 7.81. The van der Waals surface area contributed by atoms with E-state index in [1.807, 2.05) is 13.8 Å². The Bertz CT molecular complexity index is 403. The number of carbonyl (C=O) groups is 2. The Hall–Kier alpha value is -0.900. The Kier molecular flexibility index (Phi) is 4.24. The largest absolute Gasteiger partial charge is 0.465 e. The molecular formula is C16H26O4. The van der Waals surface area contributed by atoms with E-state index in [-0.39, 0.29) is 23.4 Å². The lowest BCUT2D eigenvalue weighted by atomic mass is 9.66. The summed E-state index contributed by atoms with van der Waals surface area (Å²) < 4.78 is 11.4. The van der Waals surface area contributed by atoms with Gasteiger partial charge in [0.25, 0.3) is 0 Å². The molecule has 4 heteroatoms. The van der Waals surface area contributed by atoms with Gasteiger partial charge in [0.1, 0.15) is 0 Å². The first kappa shape index (κ1) is 15.5. The third kappa shape index (κ3) is 2.09. The number of ketones is 1. The number of hydrogen-bond acceptors (Lipinski definition) is 4. The quantitative estimate of drug-likeness (QED) is 0.574. The molecule has 0 unspecified atom stereocenters. The highest BCUT2D eigenvalue weighted by Gasteiger charge is 2.65. The minimum absolute atomic E-state index is 0.0214. The van der Waals surface area contributed by atoms with Gasteiger partial charge in [-0.2, -0.15) is 0 Å². The maximum absolute atomic E-state index is 12.8. The van der Waals surface area contributed by atoms with Gasteiger partial charge in [-0.1, -0.05) is 27.2 Å². The first-order chi connectivity index (χ1) is 9.43. The molecule has 2 fully saturated rings. The molecule has 3 atom stereocenters. The van der Waals surface area contributed by atoms with Gasteiger partial charge >= 0.3 is 5.97 Å². The molecule has 2 aliphatic heterocycles. The summed E-state index contributed by atoms with van der Waals surface area (Å²) in [7, 11) is 0. The summed E-state index contributed by atoms with van der Waals surface area (Å²) in [6.45, 7) is 8.02. The zero-order chi connectivity index (χ0) is 15.0. The van der Waals surface area contributed by atoms with E-state index in [2.05, 4.69) is 6.92 Å². The molecule has 20 heavy (non-hydrogen) atoms. The third-order valence-electron chi connectivity index (χ3n) is 4.94. The van der Waals surface area contributed by atoms with E-state index in [0.29, 0.717) is 13.0 Å². The van der Waals surface area contributed by atoms with Crippen molar-refractivity contribution in [2.45, 2.75) is 71.5 Å². The van der Waals surface area contributed by atoms with Crippen LogP contribution in [0, 0.1) is 11.3 Å². The molecule has 4 nitrogen and oxygen atoms in total. The Labute approximate surface area is 121 Å². The molecule has 0 aliphatic carbocycles. The van der Waals surface area contributed by atoms with Crippen LogP contribution in [0.1, 0.15) is 59.8 Å². The van der Waals surface area contributed by atoms with Crippen LogP contribution in [0.15, 0.2) is 0 Å². The van der Waals surface area contributed by atoms with E-state index in [1.165, 1.54) is 0 Å². The van der Waals surface area contributed by atoms with Crippen molar-refractivity contribution in [1.29, 1.82) is 0 Å². The molecular weight excluding hydrogens is 256 g/mol. The van der Waals surface area contributed by atoms with E-state index in [0.717, 1.165) is 25.7 Å². The average Bonchev–Trinajstić information content (AvgIpc) is 2.69. The highest BCUT2D eigenvalue weighted by atomic mass is 16.5. The van der Waals surface area contributed by atoms with Crippen LogP contribution >= 0.6 is 0 Å². The highest BCUT2D eigenvalue weighted by Crippen LogP contribution is 2.53. The van der Waals surface area contributed by atoms with Crippen molar-refractivity contribution in [3.63, 3.8) is 0 Å². The molecule has 0 aromatic carbocycles. The molecule has 0 saturated carbocycles. The number of ether oxygens (including phenoxy) is 2. The minimum Gasteiger partial charge on any atom is -0.465 e. The average molecular weight is 282 g/mol. The maximum Gasteiger partial charge on any atom is 0.322 e. The van der Waals surface area contributed by atoms with Crippen LogP contribution in [0.3, 0.4) is 0 Å². The van der Waals surface area contributed by atoms with Crippen LogP contribution in [0.25, 0.3) is 0 Å². The lowest BCUT2D eigenvalue weighted by molar-refractivity contribution is -0.195. The predicted octanol–water partition coefficient (Wildman–Crippen LogP) is 2.88. The number of carbonyl (C=O) groups excluding carboxylic acids is 2. The zero-order valence-electron chi connectivity index (χ0n) is 13.0.